The van der Waals surface area contributed by atoms with Gasteiger partial charge in [-0.15, -0.1) is 0 Å². The van der Waals surface area contributed by atoms with Gasteiger partial charge in [0.05, 0.1) is 12.6 Å². The van der Waals surface area contributed by atoms with E-state index < -0.39 is 0 Å². The molecule has 1 aliphatic carbocycles. The Labute approximate surface area is 83.9 Å². The molecule has 0 spiro atoms. The number of amides is 1. The van der Waals surface area contributed by atoms with Gasteiger partial charge in [0.1, 0.15) is 5.78 Å². The van der Waals surface area contributed by atoms with Gasteiger partial charge in [-0.2, -0.15) is 0 Å². The van der Waals surface area contributed by atoms with Crippen LogP contribution in [0.15, 0.2) is 0 Å². The fourth-order valence-electron chi connectivity index (χ4n) is 2.23. The number of hydrogen-bond acceptors (Lipinski definition) is 3. The zero-order valence-corrected chi connectivity index (χ0v) is 8.53. The molecule has 1 amide bonds. The Morgan fingerprint density at radius 1 is 1.29 bits per heavy atom. The third kappa shape index (κ3) is 1.66. The summed E-state index contributed by atoms with van der Waals surface area (Å²) in [5.74, 6) is 0.457. The van der Waals surface area contributed by atoms with Crippen LogP contribution < -0.4 is 0 Å². The number of likely N-dealkylation sites (N-methyl/N-ethyl adjacent to an activating group) is 1. The molecule has 1 atom stereocenters. The number of Topliss-reactive ketones (excluding diaryl/α,β-unsaturated/α-hetero) is 1. The van der Waals surface area contributed by atoms with E-state index in [2.05, 4.69) is 0 Å². The van der Waals surface area contributed by atoms with Crippen LogP contribution in [0, 0.1) is 0 Å². The van der Waals surface area contributed by atoms with Crippen LogP contribution in [0.3, 0.4) is 0 Å². The lowest BCUT2D eigenvalue weighted by Gasteiger charge is -2.34. The number of rotatable bonds is 1. The summed E-state index contributed by atoms with van der Waals surface area (Å²) in [6.45, 7) is 2.02. The maximum absolute atomic E-state index is 11.5. The molecule has 2 aliphatic rings. The number of carbonyl (C=O) groups excluding carboxylic acids is 2. The SMILES string of the molecule is CN1CCN(C2CCCC2=O)CC1=O. The van der Waals surface area contributed by atoms with Crippen LogP contribution in [-0.2, 0) is 9.59 Å². The Morgan fingerprint density at radius 2 is 2.07 bits per heavy atom. The second-order valence-electron chi connectivity index (χ2n) is 4.16. The maximum atomic E-state index is 11.5. The molecule has 2 rings (SSSR count). The van der Waals surface area contributed by atoms with Crippen molar-refractivity contribution in [1.29, 1.82) is 0 Å². The van der Waals surface area contributed by atoms with Crippen LogP contribution in [-0.4, -0.2) is 54.2 Å². The average Bonchev–Trinajstić information content (AvgIpc) is 2.57. The number of hydrogen-bond donors (Lipinski definition) is 0. The van der Waals surface area contributed by atoms with Gasteiger partial charge in [0.15, 0.2) is 0 Å². The summed E-state index contributed by atoms with van der Waals surface area (Å²) in [7, 11) is 1.82. The van der Waals surface area contributed by atoms with E-state index in [4.69, 9.17) is 0 Å². The van der Waals surface area contributed by atoms with Gasteiger partial charge in [0, 0.05) is 26.6 Å². The Bertz CT molecular complexity index is 265. The molecule has 0 radical (unpaired) electrons. The van der Waals surface area contributed by atoms with Gasteiger partial charge in [-0.25, -0.2) is 0 Å². The molecule has 14 heavy (non-hydrogen) atoms. The summed E-state index contributed by atoms with van der Waals surface area (Å²) >= 11 is 0. The monoisotopic (exact) mass is 196 g/mol. The third-order valence-electron chi connectivity index (χ3n) is 3.20. The second kappa shape index (κ2) is 3.69. The van der Waals surface area contributed by atoms with Gasteiger partial charge < -0.3 is 4.90 Å². The molecule has 0 aromatic heterocycles. The van der Waals surface area contributed by atoms with Crippen molar-refractivity contribution in [3.8, 4) is 0 Å². The van der Waals surface area contributed by atoms with E-state index in [1.54, 1.807) is 4.90 Å². The zero-order valence-electron chi connectivity index (χ0n) is 8.53. The fourth-order valence-corrected chi connectivity index (χ4v) is 2.23. The van der Waals surface area contributed by atoms with Gasteiger partial charge in [0.2, 0.25) is 5.91 Å². The molecule has 1 saturated heterocycles. The van der Waals surface area contributed by atoms with Crippen LogP contribution in [0.25, 0.3) is 0 Å². The molecule has 0 aromatic carbocycles. The Hall–Kier alpha value is -0.900. The predicted molar refractivity (Wildman–Crippen MR) is 51.9 cm³/mol. The molecule has 4 nitrogen and oxygen atoms in total. The Balaban J connectivity index is 1.99. The zero-order chi connectivity index (χ0) is 10.1. The highest BCUT2D eigenvalue weighted by molar-refractivity contribution is 5.87. The van der Waals surface area contributed by atoms with Crippen molar-refractivity contribution in [2.75, 3.05) is 26.7 Å². The first-order valence-corrected chi connectivity index (χ1v) is 5.19. The molecule has 0 N–H and O–H groups in total. The summed E-state index contributed by atoms with van der Waals surface area (Å²) in [4.78, 5) is 26.7. The van der Waals surface area contributed by atoms with Crippen molar-refractivity contribution in [2.24, 2.45) is 0 Å². The van der Waals surface area contributed by atoms with Crippen LogP contribution in [0.2, 0.25) is 0 Å². The fraction of sp³-hybridized carbons (Fsp3) is 0.800. The number of piperazine rings is 1. The first kappa shape index (κ1) is 9.65. The first-order chi connectivity index (χ1) is 6.68. The smallest absolute Gasteiger partial charge is 0.236 e. The highest BCUT2D eigenvalue weighted by atomic mass is 16.2. The van der Waals surface area contributed by atoms with Gasteiger partial charge >= 0.3 is 0 Å². The summed E-state index contributed by atoms with van der Waals surface area (Å²) in [6, 6.07) is 0.0349. The number of carbonyl (C=O) groups is 2. The van der Waals surface area contributed by atoms with Crippen LogP contribution >= 0.6 is 0 Å². The minimum Gasteiger partial charge on any atom is -0.343 e. The molecule has 0 aromatic rings. The molecular weight excluding hydrogens is 180 g/mol. The number of ketones is 1. The van der Waals surface area contributed by atoms with E-state index in [1.165, 1.54) is 0 Å². The standard InChI is InChI=1S/C10H16N2O2/c1-11-5-6-12(7-10(11)14)8-3-2-4-9(8)13/h8H,2-7H2,1H3. The van der Waals surface area contributed by atoms with Crippen LogP contribution in [0.1, 0.15) is 19.3 Å². The molecule has 0 bridgehead atoms. The van der Waals surface area contributed by atoms with E-state index in [1.807, 2.05) is 11.9 Å². The Kier molecular flexibility index (Phi) is 2.54. The van der Waals surface area contributed by atoms with E-state index in [-0.39, 0.29) is 11.9 Å². The van der Waals surface area contributed by atoms with Crippen molar-refractivity contribution in [3.63, 3.8) is 0 Å². The molecule has 2 fully saturated rings. The van der Waals surface area contributed by atoms with Crippen LogP contribution in [0.4, 0.5) is 0 Å². The third-order valence-corrected chi connectivity index (χ3v) is 3.20. The largest absolute Gasteiger partial charge is 0.343 e. The minimum absolute atomic E-state index is 0.0349. The van der Waals surface area contributed by atoms with Crippen molar-refractivity contribution < 1.29 is 9.59 Å². The summed E-state index contributed by atoms with van der Waals surface area (Å²) in [5, 5.41) is 0. The van der Waals surface area contributed by atoms with Gasteiger partial charge in [-0.1, -0.05) is 0 Å². The lowest BCUT2D eigenvalue weighted by molar-refractivity contribution is -0.136. The highest BCUT2D eigenvalue weighted by Crippen LogP contribution is 2.21. The lowest BCUT2D eigenvalue weighted by Crippen LogP contribution is -2.53. The van der Waals surface area contributed by atoms with Crippen molar-refractivity contribution >= 4 is 11.7 Å². The van der Waals surface area contributed by atoms with Crippen molar-refractivity contribution in [2.45, 2.75) is 25.3 Å². The van der Waals surface area contributed by atoms with E-state index in [0.29, 0.717) is 18.7 Å². The highest BCUT2D eigenvalue weighted by Gasteiger charge is 2.33. The van der Waals surface area contributed by atoms with Crippen molar-refractivity contribution in [3.05, 3.63) is 0 Å². The number of nitrogens with zero attached hydrogens (tertiary/aromatic N) is 2. The molecule has 1 aliphatic heterocycles. The predicted octanol–water partition coefficient (Wildman–Crippen LogP) is -0.118. The quantitative estimate of drug-likeness (QED) is 0.587. The molecule has 1 saturated carbocycles. The first-order valence-electron chi connectivity index (χ1n) is 5.19. The van der Waals surface area contributed by atoms with E-state index in [9.17, 15) is 9.59 Å². The van der Waals surface area contributed by atoms with E-state index >= 15 is 0 Å². The molecule has 1 unspecified atom stereocenters. The second-order valence-corrected chi connectivity index (χ2v) is 4.16. The normalized spacial score (nSPS) is 30.1. The summed E-state index contributed by atoms with van der Waals surface area (Å²) in [6.07, 6.45) is 2.63. The average molecular weight is 196 g/mol. The minimum atomic E-state index is 0.0349. The topological polar surface area (TPSA) is 40.6 Å². The van der Waals surface area contributed by atoms with Crippen molar-refractivity contribution in [1.82, 2.24) is 9.80 Å². The van der Waals surface area contributed by atoms with Gasteiger partial charge in [-0.05, 0) is 12.8 Å². The molecule has 1 heterocycles. The van der Waals surface area contributed by atoms with Gasteiger partial charge in [-0.3, -0.25) is 14.5 Å². The molecule has 4 heteroatoms. The molecular formula is C10H16N2O2. The maximum Gasteiger partial charge on any atom is 0.236 e. The van der Waals surface area contributed by atoms with Crippen LogP contribution in [0.5, 0.6) is 0 Å². The van der Waals surface area contributed by atoms with Gasteiger partial charge in [0.25, 0.3) is 0 Å². The van der Waals surface area contributed by atoms with E-state index in [0.717, 1.165) is 25.9 Å². The summed E-state index contributed by atoms with van der Waals surface area (Å²) < 4.78 is 0. The summed E-state index contributed by atoms with van der Waals surface area (Å²) in [5.41, 5.74) is 0. The Morgan fingerprint density at radius 3 is 2.64 bits per heavy atom. The molecule has 78 valence electrons. The lowest BCUT2D eigenvalue weighted by atomic mass is 10.1.